The van der Waals surface area contributed by atoms with Crippen molar-refractivity contribution in [1.29, 1.82) is 0 Å². The van der Waals surface area contributed by atoms with E-state index >= 15 is 0 Å². The van der Waals surface area contributed by atoms with Crippen molar-refractivity contribution in [2.24, 2.45) is 0 Å². The molecule has 110 valence electrons. The van der Waals surface area contributed by atoms with Gasteiger partial charge in [-0.3, -0.25) is 4.79 Å². The van der Waals surface area contributed by atoms with E-state index in [0.717, 1.165) is 16.5 Å². The molecule has 0 saturated carbocycles. The van der Waals surface area contributed by atoms with E-state index in [-0.39, 0.29) is 5.91 Å². The fourth-order valence-electron chi connectivity index (χ4n) is 2.27. The molecule has 0 radical (unpaired) electrons. The zero-order valence-corrected chi connectivity index (χ0v) is 14.0. The molecule has 0 bridgehead atoms. The van der Waals surface area contributed by atoms with Crippen LogP contribution in [0.3, 0.4) is 0 Å². The quantitative estimate of drug-likeness (QED) is 0.837. The van der Waals surface area contributed by atoms with Crippen LogP contribution < -0.4 is 5.32 Å². The Bertz CT molecular complexity index is 610. The molecule has 0 aliphatic heterocycles. The predicted octanol–water partition coefficient (Wildman–Crippen LogP) is 4.68. The van der Waals surface area contributed by atoms with Crippen LogP contribution in [0.2, 0.25) is 0 Å². The van der Waals surface area contributed by atoms with Gasteiger partial charge in [-0.15, -0.1) is 0 Å². The third-order valence-corrected chi connectivity index (χ3v) is 4.72. The number of carbonyl (C=O) groups excluding carboxylic acids is 1. The fourth-order valence-corrected chi connectivity index (χ4v) is 2.71. The number of aryl methyl sites for hydroxylation is 1. The minimum absolute atomic E-state index is 0.0224. The van der Waals surface area contributed by atoms with Gasteiger partial charge in [0.25, 0.3) is 5.91 Å². The highest BCUT2D eigenvalue weighted by Crippen LogP contribution is 2.21. The van der Waals surface area contributed by atoms with E-state index in [0.29, 0.717) is 18.0 Å². The maximum atomic E-state index is 12.2. The summed E-state index contributed by atoms with van der Waals surface area (Å²) in [5.74, 6) is 0.415. The molecule has 2 rings (SSSR count). The number of carbonyl (C=O) groups is 1. The van der Waals surface area contributed by atoms with Gasteiger partial charge in [0.15, 0.2) is 0 Å². The first-order valence-corrected chi connectivity index (χ1v) is 7.97. The second-order valence-corrected chi connectivity index (χ2v) is 6.09. The Labute approximate surface area is 134 Å². The van der Waals surface area contributed by atoms with Crippen LogP contribution in [0, 0.1) is 6.92 Å². The van der Waals surface area contributed by atoms with Gasteiger partial charge in [0.2, 0.25) is 0 Å². The van der Waals surface area contributed by atoms with Gasteiger partial charge in [-0.05, 0) is 52.4 Å². The standard InChI is InChI=1S/C18H20BrNO/c1-13(15-8-4-3-5-9-15)11-12-20-18(21)16-10-6-7-14(2)17(16)19/h3-10,13H,11-12H2,1-2H3,(H,20,21). The molecule has 0 aromatic heterocycles. The number of halogens is 1. The van der Waals surface area contributed by atoms with E-state index in [9.17, 15) is 4.79 Å². The Kier molecular flexibility index (Phi) is 5.57. The monoisotopic (exact) mass is 345 g/mol. The van der Waals surface area contributed by atoms with Crippen LogP contribution in [-0.2, 0) is 0 Å². The van der Waals surface area contributed by atoms with Gasteiger partial charge in [-0.25, -0.2) is 0 Å². The largest absolute Gasteiger partial charge is 0.352 e. The molecule has 2 nitrogen and oxygen atoms in total. The molecular weight excluding hydrogens is 326 g/mol. The summed E-state index contributed by atoms with van der Waals surface area (Å²) in [6.07, 6.45) is 0.930. The molecule has 0 aliphatic carbocycles. The normalized spacial score (nSPS) is 12.0. The van der Waals surface area contributed by atoms with Crippen molar-refractivity contribution in [1.82, 2.24) is 5.32 Å². The molecule has 2 aromatic rings. The Morgan fingerprint density at radius 1 is 1.14 bits per heavy atom. The number of rotatable bonds is 5. The van der Waals surface area contributed by atoms with Crippen LogP contribution in [0.25, 0.3) is 0 Å². The molecule has 2 aromatic carbocycles. The Balaban J connectivity index is 1.89. The maximum absolute atomic E-state index is 12.2. The van der Waals surface area contributed by atoms with Crippen molar-refractivity contribution >= 4 is 21.8 Å². The van der Waals surface area contributed by atoms with Gasteiger partial charge < -0.3 is 5.32 Å². The van der Waals surface area contributed by atoms with Crippen molar-refractivity contribution in [2.75, 3.05) is 6.54 Å². The van der Waals surface area contributed by atoms with E-state index in [2.05, 4.69) is 40.3 Å². The topological polar surface area (TPSA) is 29.1 Å². The lowest BCUT2D eigenvalue weighted by atomic mass is 9.98. The average Bonchev–Trinajstić information content (AvgIpc) is 2.50. The lowest BCUT2D eigenvalue weighted by Gasteiger charge is -2.13. The predicted molar refractivity (Wildman–Crippen MR) is 90.7 cm³/mol. The lowest BCUT2D eigenvalue weighted by Crippen LogP contribution is -2.25. The summed E-state index contributed by atoms with van der Waals surface area (Å²) in [4.78, 5) is 12.2. The summed E-state index contributed by atoms with van der Waals surface area (Å²) in [6.45, 7) is 4.84. The molecule has 0 heterocycles. The second-order valence-electron chi connectivity index (χ2n) is 5.29. The number of amides is 1. The van der Waals surface area contributed by atoms with Crippen LogP contribution in [0.4, 0.5) is 0 Å². The highest BCUT2D eigenvalue weighted by molar-refractivity contribution is 9.10. The summed E-state index contributed by atoms with van der Waals surface area (Å²) >= 11 is 3.48. The van der Waals surface area contributed by atoms with Gasteiger partial charge in [-0.2, -0.15) is 0 Å². The SMILES string of the molecule is Cc1cccc(C(=O)NCCC(C)c2ccccc2)c1Br. The molecule has 3 heteroatoms. The van der Waals surface area contributed by atoms with Crippen LogP contribution >= 0.6 is 15.9 Å². The van der Waals surface area contributed by atoms with E-state index < -0.39 is 0 Å². The second kappa shape index (κ2) is 7.41. The molecule has 1 N–H and O–H groups in total. The van der Waals surface area contributed by atoms with Crippen molar-refractivity contribution in [3.05, 3.63) is 69.7 Å². The Hall–Kier alpha value is -1.61. The minimum Gasteiger partial charge on any atom is -0.352 e. The lowest BCUT2D eigenvalue weighted by molar-refractivity contribution is 0.0952. The average molecular weight is 346 g/mol. The van der Waals surface area contributed by atoms with E-state index in [1.165, 1.54) is 5.56 Å². The van der Waals surface area contributed by atoms with Crippen molar-refractivity contribution in [2.45, 2.75) is 26.2 Å². The summed E-state index contributed by atoms with van der Waals surface area (Å²) in [7, 11) is 0. The molecule has 1 atom stereocenters. The summed E-state index contributed by atoms with van der Waals surface area (Å²) < 4.78 is 0.874. The molecule has 0 saturated heterocycles. The Morgan fingerprint density at radius 3 is 2.57 bits per heavy atom. The fraction of sp³-hybridized carbons (Fsp3) is 0.278. The first-order chi connectivity index (χ1) is 10.1. The van der Waals surface area contributed by atoms with Crippen LogP contribution in [-0.4, -0.2) is 12.5 Å². The van der Waals surface area contributed by atoms with Gasteiger partial charge >= 0.3 is 0 Å². The van der Waals surface area contributed by atoms with Crippen LogP contribution in [0.5, 0.6) is 0 Å². The summed E-state index contributed by atoms with van der Waals surface area (Å²) in [5, 5.41) is 3.00. The van der Waals surface area contributed by atoms with Crippen LogP contribution in [0.1, 0.15) is 40.7 Å². The molecule has 1 amide bonds. The Morgan fingerprint density at radius 2 is 1.86 bits per heavy atom. The number of nitrogens with one attached hydrogen (secondary N) is 1. The molecular formula is C18H20BrNO. The van der Waals surface area contributed by atoms with Crippen molar-refractivity contribution in [3.8, 4) is 0 Å². The van der Waals surface area contributed by atoms with Gasteiger partial charge in [0, 0.05) is 11.0 Å². The highest BCUT2D eigenvalue weighted by Gasteiger charge is 2.11. The number of hydrogen-bond donors (Lipinski definition) is 1. The molecule has 0 spiro atoms. The molecule has 0 fully saturated rings. The summed E-state index contributed by atoms with van der Waals surface area (Å²) in [5.41, 5.74) is 3.08. The zero-order valence-electron chi connectivity index (χ0n) is 12.4. The third-order valence-electron chi connectivity index (χ3n) is 3.67. The van der Waals surface area contributed by atoms with E-state index in [4.69, 9.17) is 0 Å². The first kappa shape index (κ1) is 15.8. The maximum Gasteiger partial charge on any atom is 0.252 e. The number of hydrogen-bond acceptors (Lipinski definition) is 1. The summed E-state index contributed by atoms with van der Waals surface area (Å²) in [6, 6.07) is 16.1. The third kappa shape index (κ3) is 4.18. The van der Waals surface area contributed by atoms with Crippen molar-refractivity contribution in [3.63, 3.8) is 0 Å². The zero-order chi connectivity index (χ0) is 15.2. The number of benzene rings is 2. The van der Waals surface area contributed by atoms with E-state index in [1.54, 1.807) is 0 Å². The van der Waals surface area contributed by atoms with Gasteiger partial charge in [0.1, 0.15) is 0 Å². The van der Waals surface area contributed by atoms with Crippen molar-refractivity contribution < 1.29 is 4.79 Å². The highest BCUT2D eigenvalue weighted by atomic mass is 79.9. The van der Waals surface area contributed by atoms with E-state index in [1.807, 2.05) is 43.3 Å². The molecule has 21 heavy (non-hydrogen) atoms. The van der Waals surface area contributed by atoms with Crippen LogP contribution in [0.15, 0.2) is 53.0 Å². The van der Waals surface area contributed by atoms with Gasteiger partial charge in [0.05, 0.1) is 5.56 Å². The smallest absolute Gasteiger partial charge is 0.252 e. The first-order valence-electron chi connectivity index (χ1n) is 7.18. The van der Waals surface area contributed by atoms with Gasteiger partial charge in [-0.1, -0.05) is 49.4 Å². The minimum atomic E-state index is -0.0224. The molecule has 0 aliphatic rings. The molecule has 1 unspecified atom stereocenters.